The SMILES string of the molecule is COc1ccc(OCCCn2c(Cc3ccc(-c4ccccc4)cc3)nc3ccccc32)cc1. The van der Waals surface area contributed by atoms with Gasteiger partial charge in [0, 0.05) is 13.0 Å². The summed E-state index contributed by atoms with van der Waals surface area (Å²) in [5, 5.41) is 0. The van der Waals surface area contributed by atoms with E-state index in [1.54, 1.807) is 7.11 Å². The Labute approximate surface area is 200 Å². The van der Waals surface area contributed by atoms with E-state index < -0.39 is 0 Å². The smallest absolute Gasteiger partial charge is 0.119 e. The number of benzene rings is 4. The molecule has 5 aromatic rings. The van der Waals surface area contributed by atoms with E-state index in [9.17, 15) is 0 Å². The van der Waals surface area contributed by atoms with Gasteiger partial charge in [-0.2, -0.15) is 0 Å². The van der Waals surface area contributed by atoms with E-state index in [-0.39, 0.29) is 0 Å². The summed E-state index contributed by atoms with van der Waals surface area (Å²) >= 11 is 0. The highest BCUT2D eigenvalue weighted by Gasteiger charge is 2.11. The third kappa shape index (κ3) is 4.96. The quantitative estimate of drug-likeness (QED) is 0.233. The largest absolute Gasteiger partial charge is 0.497 e. The van der Waals surface area contributed by atoms with E-state index in [2.05, 4.69) is 71.3 Å². The first kappa shape index (κ1) is 21.8. The van der Waals surface area contributed by atoms with Crippen molar-refractivity contribution in [2.75, 3.05) is 13.7 Å². The first-order chi connectivity index (χ1) is 16.8. The van der Waals surface area contributed by atoms with Crippen LogP contribution in [0.5, 0.6) is 11.5 Å². The van der Waals surface area contributed by atoms with Crippen molar-refractivity contribution in [2.24, 2.45) is 0 Å². The molecule has 5 rings (SSSR count). The minimum absolute atomic E-state index is 0.643. The van der Waals surface area contributed by atoms with Crippen LogP contribution >= 0.6 is 0 Å². The number of para-hydroxylation sites is 2. The highest BCUT2D eigenvalue weighted by atomic mass is 16.5. The number of hydrogen-bond acceptors (Lipinski definition) is 3. The molecular formula is C30H28N2O2. The van der Waals surface area contributed by atoms with Crippen molar-refractivity contribution in [3.63, 3.8) is 0 Å². The molecule has 0 aliphatic heterocycles. The topological polar surface area (TPSA) is 36.3 Å². The van der Waals surface area contributed by atoms with Crippen molar-refractivity contribution in [2.45, 2.75) is 19.4 Å². The molecule has 1 heterocycles. The maximum atomic E-state index is 5.94. The zero-order valence-electron chi connectivity index (χ0n) is 19.4. The van der Waals surface area contributed by atoms with Gasteiger partial charge in [0.2, 0.25) is 0 Å². The van der Waals surface area contributed by atoms with Crippen LogP contribution in [-0.2, 0) is 13.0 Å². The van der Waals surface area contributed by atoms with Gasteiger partial charge in [-0.1, -0.05) is 66.7 Å². The average Bonchev–Trinajstić information content (AvgIpc) is 3.24. The third-order valence-corrected chi connectivity index (χ3v) is 6.01. The Morgan fingerprint density at radius 3 is 2.15 bits per heavy atom. The molecule has 0 saturated carbocycles. The Kier molecular flexibility index (Phi) is 6.57. The Hall–Kier alpha value is -4.05. The van der Waals surface area contributed by atoms with Crippen molar-refractivity contribution in [1.82, 2.24) is 9.55 Å². The van der Waals surface area contributed by atoms with E-state index in [4.69, 9.17) is 14.5 Å². The van der Waals surface area contributed by atoms with Gasteiger partial charge in [0.05, 0.1) is 24.8 Å². The molecule has 0 spiro atoms. The van der Waals surface area contributed by atoms with Crippen molar-refractivity contribution < 1.29 is 9.47 Å². The number of fused-ring (bicyclic) bond motifs is 1. The number of nitrogens with zero attached hydrogens (tertiary/aromatic N) is 2. The van der Waals surface area contributed by atoms with E-state index in [0.29, 0.717) is 6.61 Å². The molecule has 0 amide bonds. The Morgan fingerprint density at radius 2 is 1.38 bits per heavy atom. The second-order valence-corrected chi connectivity index (χ2v) is 8.29. The minimum Gasteiger partial charge on any atom is -0.497 e. The normalized spacial score (nSPS) is 11.0. The maximum absolute atomic E-state index is 5.94. The van der Waals surface area contributed by atoms with E-state index in [0.717, 1.165) is 42.2 Å². The fourth-order valence-electron chi connectivity index (χ4n) is 4.22. The lowest BCUT2D eigenvalue weighted by Gasteiger charge is -2.11. The van der Waals surface area contributed by atoms with Crippen molar-refractivity contribution in [1.29, 1.82) is 0 Å². The van der Waals surface area contributed by atoms with E-state index in [1.807, 2.05) is 36.4 Å². The van der Waals surface area contributed by atoms with E-state index >= 15 is 0 Å². The van der Waals surface area contributed by atoms with Crippen molar-refractivity contribution >= 4 is 11.0 Å². The minimum atomic E-state index is 0.643. The second-order valence-electron chi connectivity index (χ2n) is 8.29. The summed E-state index contributed by atoms with van der Waals surface area (Å²) in [7, 11) is 1.67. The predicted molar refractivity (Wildman–Crippen MR) is 138 cm³/mol. The van der Waals surface area contributed by atoms with Crippen LogP contribution in [0.4, 0.5) is 0 Å². The van der Waals surface area contributed by atoms with Crippen LogP contribution in [0.2, 0.25) is 0 Å². The highest BCUT2D eigenvalue weighted by Crippen LogP contribution is 2.23. The molecule has 0 fully saturated rings. The van der Waals surface area contributed by atoms with Gasteiger partial charge in [-0.15, -0.1) is 0 Å². The summed E-state index contributed by atoms with van der Waals surface area (Å²) in [5.74, 6) is 2.77. The summed E-state index contributed by atoms with van der Waals surface area (Å²) in [6.07, 6.45) is 1.69. The number of rotatable bonds is 9. The molecule has 4 aromatic carbocycles. The molecular weight excluding hydrogens is 420 g/mol. The van der Waals surface area contributed by atoms with Gasteiger partial charge in [0.15, 0.2) is 0 Å². The molecule has 0 unspecified atom stereocenters. The van der Waals surface area contributed by atoms with Crippen LogP contribution in [0.15, 0.2) is 103 Å². The lowest BCUT2D eigenvalue weighted by molar-refractivity contribution is 0.301. The summed E-state index contributed by atoms with van der Waals surface area (Å²) < 4.78 is 13.5. The molecule has 4 nitrogen and oxygen atoms in total. The number of imidazole rings is 1. The monoisotopic (exact) mass is 448 g/mol. The summed E-state index contributed by atoms with van der Waals surface area (Å²) in [5.41, 5.74) is 5.93. The molecule has 0 bridgehead atoms. The predicted octanol–water partition coefficient (Wildman–Crippen LogP) is 6.77. The summed E-state index contributed by atoms with van der Waals surface area (Å²) in [6, 6.07) is 35.3. The maximum Gasteiger partial charge on any atom is 0.119 e. The first-order valence-corrected chi connectivity index (χ1v) is 11.7. The number of aromatic nitrogens is 2. The van der Waals surface area contributed by atoms with Crippen LogP contribution in [0.3, 0.4) is 0 Å². The number of ether oxygens (including phenoxy) is 2. The van der Waals surface area contributed by atoms with Crippen LogP contribution < -0.4 is 9.47 Å². The van der Waals surface area contributed by atoms with Gasteiger partial charge in [0.1, 0.15) is 17.3 Å². The fourth-order valence-corrected chi connectivity index (χ4v) is 4.22. The lowest BCUT2D eigenvalue weighted by atomic mass is 10.0. The zero-order valence-corrected chi connectivity index (χ0v) is 19.4. The Morgan fingerprint density at radius 1 is 0.706 bits per heavy atom. The molecule has 4 heteroatoms. The summed E-state index contributed by atoms with van der Waals surface area (Å²) in [6.45, 7) is 1.50. The molecule has 0 atom stereocenters. The molecule has 1 aromatic heterocycles. The molecule has 0 radical (unpaired) electrons. The molecule has 0 aliphatic rings. The van der Waals surface area contributed by atoms with Gasteiger partial charge in [-0.3, -0.25) is 0 Å². The van der Waals surface area contributed by atoms with Gasteiger partial charge >= 0.3 is 0 Å². The van der Waals surface area contributed by atoms with Crippen molar-refractivity contribution in [3.05, 3.63) is 115 Å². The number of methoxy groups -OCH3 is 1. The van der Waals surface area contributed by atoms with Gasteiger partial charge < -0.3 is 14.0 Å². The standard InChI is InChI=1S/C30H28N2O2/c1-33-26-16-18-27(19-17-26)34-21-7-20-32-29-11-6-5-10-28(29)31-30(32)22-23-12-14-25(15-13-23)24-8-3-2-4-9-24/h2-6,8-19H,7,20-22H2,1H3. The molecule has 170 valence electrons. The third-order valence-electron chi connectivity index (χ3n) is 6.01. The van der Waals surface area contributed by atoms with Crippen LogP contribution in [0.25, 0.3) is 22.2 Å². The van der Waals surface area contributed by atoms with Gasteiger partial charge in [-0.25, -0.2) is 4.98 Å². The average molecular weight is 449 g/mol. The fraction of sp³-hybridized carbons (Fsp3) is 0.167. The Bertz CT molecular complexity index is 1340. The summed E-state index contributed by atoms with van der Waals surface area (Å²) in [4.78, 5) is 4.95. The molecule has 0 aliphatic carbocycles. The molecule has 0 saturated heterocycles. The molecule has 34 heavy (non-hydrogen) atoms. The van der Waals surface area contributed by atoms with Crippen LogP contribution in [0.1, 0.15) is 17.8 Å². The highest BCUT2D eigenvalue weighted by molar-refractivity contribution is 5.76. The number of aryl methyl sites for hydroxylation is 1. The Balaban J connectivity index is 1.29. The van der Waals surface area contributed by atoms with Gasteiger partial charge in [-0.05, 0) is 59.5 Å². The zero-order chi connectivity index (χ0) is 23.2. The molecule has 0 N–H and O–H groups in total. The number of hydrogen-bond donors (Lipinski definition) is 0. The van der Waals surface area contributed by atoms with Crippen LogP contribution in [-0.4, -0.2) is 23.3 Å². The van der Waals surface area contributed by atoms with Gasteiger partial charge in [0.25, 0.3) is 0 Å². The van der Waals surface area contributed by atoms with Crippen LogP contribution in [0, 0.1) is 0 Å². The lowest BCUT2D eigenvalue weighted by Crippen LogP contribution is -2.08. The van der Waals surface area contributed by atoms with E-state index in [1.165, 1.54) is 22.2 Å². The second kappa shape index (κ2) is 10.3. The van der Waals surface area contributed by atoms with Crippen molar-refractivity contribution in [3.8, 4) is 22.6 Å². The first-order valence-electron chi connectivity index (χ1n) is 11.7.